The maximum atomic E-state index is 13.2. The lowest BCUT2D eigenvalue weighted by Gasteiger charge is -2.34. The van der Waals surface area contributed by atoms with E-state index >= 15 is 0 Å². The highest BCUT2D eigenvalue weighted by Gasteiger charge is 2.29. The number of piperazine rings is 1. The molecule has 6 nitrogen and oxygen atoms in total. The smallest absolute Gasteiger partial charge is 0.253 e. The Bertz CT molecular complexity index is 995. The second-order valence-electron chi connectivity index (χ2n) is 8.11. The van der Waals surface area contributed by atoms with Crippen LogP contribution in [0.4, 0.5) is 0 Å². The standard InChI is InChI=1S/C22H28ClN3O3S2/c23-20-8-7-18(16-21(20)31(28,29)26-9-3-1-2-4-10-26)22(27)25-13-11-24(12-14-25)17-19-6-5-15-30-19/h5-8,15-16H,1-4,9-14,17H2. The highest BCUT2D eigenvalue weighted by Crippen LogP contribution is 2.28. The lowest BCUT2D eigenvalue weighted by atomic mass is 10.2. The van der Waals surface area contributed by atoms with Crippen molar-refractivity contribution in [2.75, 3.05) is 39.3 Å². The number of carbonyl (C=O) groups is 1. The van der Waals surface area contributed by atoms with Crippen LogP contribution in [0.2, 0.25) is 5.02 Å². The molecule has 31 heavy (non-hydrogen) atoms. The van der Waals surface area contributed by atoms with Crippen LogP contribution in [0.15, 0.2) is 40.6 Å². The fourth-order valence-electron chi connectivity index (χ4n) is 4.17. The molecule has 0 unspecified atom stereocenters. The van der Waals surface area contributed by atoms with E-state index in [2.05, 4.69) is 22.4 Å². The molecule has 9 heteroatoms. The maximum Gasteiger partial charge on any atom is 0.253 e. The summed E-state index contributed by atoms with van der Waals surface area (Å²) in [4.78, 5) is 18.6. The number of rotatable bonds is 5. The lowest BCUT2D eigenvalue weighted by molar-refractivity contribution is 0.0629. The Balaban J connectivity index is 1.46. The van der Waals surface area contributed by atoms with E-state index in [9.17, 15) is 13.2 Å². The third kappa shape index (κ3) is 5.31. The largest absolute Gasteiger partial charge is 0.336 e. The summed E-state index contributed by atoms with van der Waals surface area (Å²) in [5.41, 5.74) is 0.379. The summed E-state index contributed by atoms with van der Waals surface area (Å²) in [5, 5.41) is 2.24. The molecule has 3 heterocycles. The molecule has 1 aromatic carbocycles. The second kappa shape index (κ2) is 10.0. The Morgan fingerprint density at radius 3 is 2.32 bits per heavy atom. The first-order valence-electron chi connectivity index (χ1n) is 10.8. The zero-order valence-electron chi connectivity index (χ0n) is 17.5. The molecule has 2 aliphatic heterocycles. The Morgan fingerprint density at radius 1 is 0.968 bits per heavy atom. The van der Waals surface area contributed by atoms with Gasteiger partial charge in [-0.2, -0.15) is 4.31 Å². The van der Waals surface area contributed by atoms with Crippen LogP contribution < -0.4 is 0 Å². The van der Waals surface area contributed by atoms with Gasteiger partial charge in [0.25, 0.3) is 5.91 Å². The van der Waals surface area contributed by atoms with Crippen LogP contribution in [0.1, 0.15) is 40.9 Å². The summed E-state index contributed by atoms with van der Waals surface area (Å²) >= 11 is 8.02. The molecule has 4 rings (SSSR count). The van der Waals surface area contributed by atoms with Crippen LogP contribution in [-0.4, -0.2) is 67.7 Å². The minimum Gasteiger partial charge on any atom is -0.336 e. The summed E-state index contributed by atoms with van der Waals surface area (Å²) in [6.07, 6.45) is 3.78. The molecular weight excluding hydrogens is 454 g/mol. The fraction of sp³-hybridized carbons (Fsp3) is 0.500. The van der Waals surface area contributed by atoms with E-state index in [-0.39, 0.29) is 15.8 Å². The van der Waals surface area contributed by atoms with Crippen molar-refractivity contribution in [3.63, 3.8) is 0 Å². The molecule has 0 aliphatic carbocycles. The maximum absolute atomic E-state index is 13.2. The Kier molecular flexibility index (Phi) is 7.33. The van der Waals surface area contributed by atoms with Crippen molar-refractivity contribution in [1.29, 1.82) is 0 Å². The topological polar surface area (TPSA) is 60.9 Å². The van der Waals surface area contributed by atoms with Gasteiger partial charge in [-0.3, -0.25) is 9.69 Å². The molecule has 2 aromatic rings. The summed E-state index contributed by atoms with van der Waals surface area (Å²) in [5.74, 6) is -0.139. The molecule has 0 bridgehead atoms. The van der Waals surface area contributed by atoms with E-state index < -0.39 is 10.0 Å². The van der Waals surface area contributed by atoms with Crippen molar-refractivity contribution in [3.05, 3.63) is 51.2 Å². The molecule has 2 fully saturated rings. The first kappa shape index (κ1) is 22.7. The molecule has 1 aromatic heterocycles. The summed E-state index contributed by atoms with van der Waals surface area (Å²) in [6.45, 7) is 4.76. The third-order valence-corrected chi connectivity index (χ3v) is 9.22. The molecule has 2 aliphatic rings. The van der Waals surface area contributed by atoms with Gasteiger partial charge in [-0.15, -0.1) is 11.3 Å². The lowest BCUT2D eigenvalue weighted by Crippen LogP contribution is -2.48. The van der Waals surface area contributed by atoms with E-state index in [1.807, 2.05) is 0 Å². The quantitative estimate of drug-likeness (QED) is 0.649. The Hall–Kier alpha value is -1.45. The van der Waals surface area contributed by atoms with E-state index in [1.165, 1.54) is 21.3 Å². The van der Waals surface area contributed by atoms with Gasteiger partial charge in [0.2, 0.25) is 10.0 Å². The zero-order chi connectivity index (χ0) is 21.8. The van der Waals surface area contributed by atoms with Crippen LogP contribution >= 0.6 is 22.9 Å². The van der Waals surface area contributed by atoms with Gasteiger partial charge in [0.15, 0.2) is 0 Å². The van der Waals surface area contributed by atoms with Crippen molar-refractivity contribution >= 4 is 38.9 Å². The third-order valence-electron chi connectivity index (χ3n) is 5.98. The number of sulfonamides is 1. The molecule has 0 N–H and O–H groups in total. The molecule has 0 spiro atoms. The number of hydrogen-bond donors (Lipinski definition) is 0. The molecule has 2 saturated heterocycles. The van der Waals surface area contributed by atoms with Crippen molar-refractivity contribution in [3.8, 4) is 0 Å². The highest BCUT2D eigenvalue weighted by atomic mass is 35.5. The predicted molar refractivity (Wildman–Crippen MR) is 124 cm³/mol. The SMILES string of the molecule is O=C(c1ccc(Cl)c(S(=O)(=O)N2CCCCCC2)c1)N1CCN(Cc2cccs2)CC1. The van der Waals surface area contributed by atoms with Gasteiger partial charge in [0.05, 0.1) is 5.02 Å². The first-order valence-corrected chi connectivity index (χ1v) is 13.5. The minimum absolute atomic E-state index is 0.0400. The van der Waals surface area contributed by atoms with Crippen LogP contribution in [-0.2, 0) is 16.6 Å². The number of halogens is 1. The number of nitrogens with zero attached hydrogens (tertiary/aromatic N) is 3. The van der Waals surface area contributed by atoms with E-state index in [1.54, 1.807) is 22.3 Å². The van der Waals surface area contributed by atoms with Crippen LogP contribution in [0.5, 0.6) is 0 Å². The van der Waals surface area contributed by atoms with Gasteiger partial charge in [-0.05, 0) is 42.5 Å². The first-order chi connectivity index (χ1) is 14.9. The number of benzene rings is 1. The monoisotopic (exact) mass is 481 g/mol. The average molecular weight is 482 g/mol. The van der Waals surface area contributed by atoms with E-state index in [0.717, 1.165) is 45.3 Å². The van der Waals surface area contributed by atoms with Crippen LogP contribution in [0, 0.1) is 0 Å². The molecular formula is C22H28ClN3O3S2. The van der Waals surface area contributed by atoms with Crippen molar-refractivity contribution in [2.45, 2.75) is 37.1 Å². The van der Waals surface area contributed by atoms with E-state index in [0.29, 0.717) is 31.7 Å². The van der Waals surface area contributed by atoms with Crippen molar-refractivity contribution in [2.24, 2.45) is 0 Å². The minimum atomic E-state index is -3.72. The molecule has 0 saturated carbocycles. The van der Waals surface area contributed by atoms with Gasteiger partial charge in [0.1, 0.15) is 4.90 Å². The van der Waals surface area contributed by atoms with Gasteiger partial charge >= 0.3 is 0 Å². The molecule has 0 atom stereocenters. The summed E-state index contributed by atoms with van der Waals surface area (Å²) in [6, 6.07) is 8.80. The average Bonchev–Trinajstić information content (AvgIpc) is 3.12. The Morgan fingerprint density at radius 2 is 1.68 bits per heavy atom. The normalized spacial score (nSPS) is 19.3. The number of hydrogen-bond acceptors (Lipinski definition) is 5. The van der Waals surface area contributed by atoms with E-state index in [4.69, 9.17) is 11.6 Å². The summed E-state index contributed by atoms with van der Waals surface area (Å²) < 4.78 is 27.9. The van der Waals surface area contributed by atoms with Crippen molar-refractivity contribution in [1.82, 2.24) is 14.1 Å². The van der Waals surface area contributed by atoms with Gasteiger partial charge in [-0.25, -0.2) is 8.42 Å². The number of carbonyl (C=O) groups excluding carboxylic acids is 1. The number of thiophene rings is 1. The second-order valence-corrected chi connectivity index (χ2v) is 11.5. The fourth-order valence-corrected chi connectivity index (χ4v) is 6.93. The molecule has 1 amide bonds. The van der Waals surface area contributed by atoms with Gasteiger partial charge < -0.3 is 4.90 Å². The predicted octanol–water partition coefficient (Wildman–Crippen LogP) is 3.92. The van der Waals surface area contributed by atoms with Crippen LogP contribution in [0.25, 0.3) is 0 Å². The highest BCUT2D eigenvalue weighted by molar-refractivity contribution is 7.89. The zero-order valence-corrected chi connectivity index (χ0v) is 19.9. The van der Waals surface area contributed by atoms with Gasteiger partial charge in [0, 0.05) is 56.3 Å². The van der Waals surface area contributed by atoms with Crippen molar-refractivity contribution < 1.29 is 13.2 Å². The number of amides is 1. The van der Waals surface area contributed by atoms with Gasteiger partial charge in [-0.1, -0.05) is 30.5 Å². The molecule has 168 valence electrons. The van der Waals surface area contributed by atoms with Crippen LogP contribution in [0.3, 0.4) is 0 Å². The Labute approximate surface area is 193 Å². The molecule has 0 radical (unpaired) electrons. The summed E-state index contributed by atoms with van der Waals surface area (Å²) in [7, 11) is -3.72.